The van der Waals surface area contributed by atoms with Gasteiger partial charge in [-0.05, 0) is 54.4 Å². The molecule has 1 unspecified atom stereocenters. The Balaban J connectivity index is 0.00000280. The van der Waals surface area contributed by atoms with Crippen LogP contribution in [-0.4, -0.2) is 43.3 Å². The minimum atomic E-state index is -3.94. The first-order valence-corrected chi connectivity index (χ1v) is 14.1. The Bertz CT molecular complexity index is 1510. The molecule has 0 aliphatic heterocycles. The molecule has 0 spiro atoms. The molecule has 0 fully saturated rings. The van der Waals surface area contributed by atoms with Crippen molar-refractivity contribution in [2.45, 2.75) is 24.9 Å². The quantitative estimate of drug-likeness (QED) is 0.191. The molecular weight excluding hydrogens is 517 g/mol. The summed E-state index contributed by atoms with van der Waals surface area (Å²) in [5.74, 6) is -0.257. The Labute approximate surface area is 255 Å². The fraction of sp³-hybridized carbons (Fsp3) is 0.226. The maximum atomic E-state index is 10.9. The predicted octanol–water partition coefficient (Wildman–Crippen LogP) is 2.29. The Hall–Kier alpha value is -2.83. The van der Waals surface area contributed by atoms with Crippen molar-refractivity contribution in [1.82, 2.24) is 4.90 Å². The van der Waals surface area contributed by atoms with Crippen molar-refractivity contribution in [2.75, 3.05) is 19.8 Å². The van der Waals surface area contributed by atoms with Crippen molar-refractivity contribution in [3.63, 3.8) is 0 Å². The summed E-state index contributed by atoms with van der Waals surface area (Å²) in [6.07, 6.45) is 13.5. The van der Waals surface area contributed by atoms with Gasteiger partial charge in [-0.1, -0.05) is 72.8 Å². The molecule has 6 nitrogen and oxygen atoms in total. The van der Waals surface area contributed by atoms with Crippen LogP contribution in [0.1, 0.15) is 25.4 Å². The van der Waals surface area contributed by atoms with Gasteiger partial charge < -0.3 is 1.43 Å². The van der Waals surface area contributed by atoms with Gasteiger partial charge in [0, 0.05) is 18.6 Å². The molecule has 0 radical (unpaired) electrons. The molecule has 0 saturated carbocycles. The molecule has 1 aliphatic carbocycles. The van der Waals surface area contributed by atoms with E-state index in [2.05, 4.69) is 47.4 Å². The second-order valence-electron chi connectivity index (χ2n) is 9.66. The average molecular weight is 551 g/mol. The van der Waals surface area contributed by atoms with Crippen molar-refractivity contribution in [1.29, 1.82) is 5.26 Å². The van der Waals surface area contributed by atoms with Gasteiger partial charge >= 0.3 is 29.6 Å². The molecule has 3 aromatic rings. The number of likely N-dealkylation sites (N-methyl/N-ethyl adjacent to an activating group) is 1. The first-order chi connectivity index (χ1) is 18.2. The van der Waals surface area contributed by atoms with Crippen LogP contribution in [0.25, 0.3) is 22.3 Å². The molecule has 4 rings (SSSR count). The molecule has 0 amide bonds. The van der Waals surface area contributed by atoms with Crippen LogP contribution in [0.2, 0.25) is 0 Å². The second-order valence-corrected chi connectivity index (χ2v) is 11.2. The van der Waals surface area contributed by atoms with E-state index in [1.807, 2.05) is 85.7 Å². The van der Waals surface area contributed by atoms with Gasteiger partial charge in [-0.25, -0.2) is 4.57 Å². The van der Waals surface area contributed by atoms with Gasteiger partial charge in [0.05, 0.1) is 22.9 Å². The zero-order valence-electron chi connectivity index (χ0n) is 23.7. The van der Waals surface area contributed by atoms with Crippen molar-refractivity contribution >= 4 is 21.3 Å². The van der Waals surface area contributed by atoms with E-state index in [1.165, 1.54) is 11.1 Å². The van der Waals surface area contributed by atoms with Crippen molar-refractivity contribution in [3.8, 4) is 17.2 Å². The van der Waals surface area contributed by atoms with Crippen LogP contribution in [0.15, 0.2) is 103 Å². The number of hydrogen-bond donors (Lipinski definition) is 1. The molecule has 1 aliphatic rings. The molecule has 1 aromatic heterocycles. The summed E-state index contributed by atoms with van der Waals surface area (Å²) in [6.45, 7) is 0.499. The van der Waals surface area contributed by atoms with Gasteiger partial charge in [0.15, 0.2) is 12.4 Å². The molecule has 0 bridgehead atoms. The van der Waals surface area contributed by atoms with Crippen molar-refractivity contribution < 1.29 is 48.5 Å². The van der Waals surface area contributed by atoms with Crippen LogP contribution < -0.4 is 34.1 Å². The number of rotatable bonds is 9. The predicted molar refractivity (Wildman–Crippen MR) is 152 cm³/mol. The van der Waals surface area contributed by atoms with Gasteiger partial charge in [0.1, 0.15) is 6.54 Å². The Morgan fingerprint density at radius 1 is 1.05 bits per heavy atom. The number of hydrogen-bond acceptors (Lipinski definition) is 4. The van der Waals surface area contributed by atoms with E-state index in [0.29, 0.717) is 18.5 Å². The fourth-order valence-corrected chi connectivity index (χ4v) is 5.05. The third-order valence-corrected chi connectivity index (χ3v) is 7.70. The smallest absolute Gasteiger partial charge is 1.00 e. The summed E-state index contributed by atoms with van der Waals surface area (Å²) in [6, 6.07) is 24.6. The van der Waals surface area contributed by atoms with E-state index < -0.39 is 15.7 Å². The number of nitriles is 1. The van der Waals surface area contributed by atoms with E-state index in [-0.39, 0.29) is 36.7 Å². The third kappa shape index (κ3) is 8.09. The summed E-state index contributed by atoms with van der Waals surface area (Å²) < 4.78 is 32.6. The monoisotopic (exact) mass is 550 g/mol. The largest absolute Gasteiger partial charge is 1.00 e. The van der Waals surface area contributed by atoms with Crippen LogP contribution in [0, 0.1) is 11.3 Å². The second kappa shape index (κ2) is 13.5. The number of aryl methyl sites for hydroxylation is 1. The molecule has 196 valence electrons. The number of pyridine rings is 1. The van der Waals surface area contributed by atoms with E-state index in [1.54, 1.807) is 0 Å². The normalized spacial score (nSPS) is 17.3. The molecule has 2 aromatic carbocycles. The topological polar surface area (TPSA) is 85.3 Å². The number of nitrogens with zero attached hydrogens (tertiary/aromatic N) is 3. The number of aromatic nitrogens is 1. The minimum absolute atomic E-state index is 0. The number of benzene rings is 2. The summed E-state index contributed by atoms with van der Waals surface area (Å²) >= 11 is 0. The van der Waals surface area contributed by atoms with Gasteiger partial charge in [0.25, 0.3) is 10.1 Å². The molecule has 0 saturated heterocycles. The van der Waals surface area contributed by atoms with E-state index in [0.717, 1.165) is 23.1 Å². The number of allylic oxidation sites excluding steroid dienone is 3. The zero-order valence-corrected chi connectivity index (χ0v) is 25.5. The van der Waals surface area contributed by atoms with E-state index in [9.17, 15) is 13.7 Å². The maximum absolute atomic E-state index is 10.9. The minimum Gasteiger partial charge on any atom is -1.00 e. The van der Waals surface area contributed by atoms with Gasteiger partial charge in [-0.3, -0.25) is 9.45 Å². The van der Waals surface area contributed by atoms with E-state index >= 15 is 0 Å². The molecule has 1 atom stereocenters. The summed E-state index contributed by atoms with van der Waals surface area (Å²) in [5.41, 5.74) is 5.48. The molecule has 39 heavy (non-hydrogen) atoms. The SMILES string of the molecule is CN(C)C1(/C=C(\C#N)c2ccc(-c3cc[n+](CCCS(=O)(=O)O)cc3)cc2)C=CC(c2ccccc2)=CC1.[H-].[Na+]. The van der Waals surface area contributed by atoms with Crippen LogP contribution in [0.4, 0.5) is 0 Å². The Kier molecular flexibility index (Phi) is 10.6. The van der Waals surface area contributed by atoms with E-state index in [4.69, 9.17) is 4.55 Å². The average Bonchev–Trinajstić information content (AvgIpc) is 2.92. The van der Waals surface area contributed by atoms with Gasteiger partial charge in [0.2, 0.25) is 0 Å². The van der Waals surface area contributed by atoms with Crippen molar-refractivity contribution in [3.05, 3.63) is 115 Å². The molecular formula is C31H33N3NaO3S+. The van der Waals surface area contributed by atoms with Crippen LogP contribution in [-0.2, 0) is 16.7 Å². The molecule has 1 N–H and O–H groups in total. The first kappa shape index (κ1) is 30.7. The van der Waals surface area contributed by atoms with Crippen LogP contribution in [0.5, 0.6) is 0 Å². The zero-order chi connectivity index (χ0) is 27.2. The summed E-state index contributed by atoms with van der Waals surface area (Å²) in [5, 5.41) is 10.0. The maximum Gasteiger partial charge on any atom is 1.00 e. The van der Waals surface area contributed by atoms with Crippen LogP contribution in [0.3, 0.4) is 0 Å². The standard InChI is InChI=1S/C31H31N3O3S.Na.H/c1-33(2)31(17-13-28(14-18-31)25-7-4-3-5-8-25)23-30(24-32)27-11-9-26(10-12-27)29-15-20-34(21-16-29)19-6-22-38(35,36)37;;/h3-5,7-17,20-21,23H,6,18-19,22H2,1-2H3;;/q;+1;-1/p+1/b30-23+;;. The van der Waals surface area contributed by atoms with Crippen molar-refractivity contribution in [2.24, 2.45) is 0 Å². The van der Waals surface area contributed by atoms with Gasteiger partial charge in [-0.15, -0.1) is 0 Å². The van der Waals surface area contributed by atoms with Gasteiger partial charge in [-0.2, -0.15) is 13.7 Å². The molecule has 8 heteroatoms. The van der Waals surface area contributed by atoms with Crippen LogP contribution >= 0.6 is 0 Å². The Morgan fingerprint density at radius 2 is 1.69 bits per heavy atom. The summed E-state index contributed by atoms with van der Waals surface area (Å²) in [7, 11) is 0.124. The summed E-state index contributed by atoms with van der Waals surface area (Å²) in [4.78, 5) is 2.14. The first-order valence-electron chi connectivity index (χ1n) is 12.5. The Morgan fingerprint density at radius 3 is 2.23 bits per heavy atom. The third-order valence-electron chi connectivity index (χ3n) is 6.89. The molecule has 1 heterocycles. The fourth-order valence-electron chi connectivity index (χ4n) is 4.56.